The second-order valence-electron chi connectivity index (χ2n) is 4.59. The number of anilines is 1. The van der Waals surface area contributed by atoms with E-state index in [1.807, 2.05) is 13.8 Å². The summed E-state index contributed by atoms with van der Waals surface area (Å²) in [6.45, 7) is 3.91. The Hall–Kier alpha value is -1.43. The van der Waals surface area contributed by atoms with Crippen molar-refractivity contribution in [1.82, 2.24) is 5.32 Å². The highest BCUT2D eigenvalue weighted by molar-refractivity contribution is 6.31. The molecule has 0 spiro atoms. The van der Waals surface area contributed by atoms with Gasteiger partial charge >= 0.3 is 6.18 Å². The van der Waals surface area contributed by atoms with Gasteiger partial charge in [0.15, 0.2) is 0 Å². The summed E-state index contributed by atoms with van der Waals surface area (Å²) in [5.41, 5.74) is -0.616. The predicted molar refractivity (Wildman–Crippen MR) is 72.8 cm³/mol. The van der Waals surface area contributed by atoms with Crippen LogP contribution in [0.25, 0.3) is 0 Å². The third-order valence-electron chi connectivity index (χ3n) is 2.40. The summed E-state index contributed by atoms with van der Waals surface area (Å²) in [6.07, 6.45) is -4.31. The fraction of sp³-hybridized carbons (Fsp3) is 0.462. The molecule has 1 aromatic rings. The van der Waals surface area contributed by atoms with Gasteiger partial charge in [0.25, 0.3) is 0 Å². The lowest BCUT2D eigenvalue weighted by molar-refractivity contribution is -0.137. The molecule has 7 heteroatoms. The second-order valence-corrected chi connectivity index (χ2v) is 5.00. The molecule has 0 atom stereocenters. The smallest absolute Gasteiger partial charge is 0.385 e. The molecule has 0 aliphatic carbocycles. The highest BCUT2D eigenvalue weighted by Crippen LogP contribution is 2.36. The van der Waals surface area contributed by atoms with Crippen LogP contribution >= 0.6 is 11.6 Å². The Morgan fingerprint density at radius 1 is 1.35 bits per heavy atom. The molecule has 0 saturated carbocycles. The van der Waals surface area contributed by atoms with Gasteiger partial charge in [0.2, 0.25) is 5.91 Å². The average Bonchev–Trinajstić information content (AvgIpc) is 2.28. The highest BCUT2D eigenvalue weighted by Gasteiger charge is 2.33. The Bertz CT molecular complexity index is 475. The maximum absolute atomic E-state index is 12.6. The molecule has 0 fully saturated rings. The average molecular weight is 309 g/mol. The van der Waals surface area contributed by atoms with Crippen LogP contribution in [0.3, 0.4) is 0 Å². The molecule has 0 unspecified atom stereocenters. The first-order chi connectivity index (χ1) is 9.20. The molecule has 0 aromatic heterocycles. The van der Waals surface area contributed by atoms with E-state index >= 15 is 0 Å². The first kappa shape index (κ1) is 16.6. The number of hydrogen-bond acceptors (Lipinski definition) is 2. The summed E-state index contributed by atoms with van der Waals surface area (Å²) in [6, 6.07) is 3.59. The predicted octanol–water partition coefficient (Wildman–Crippen LogP) is 3.69. The number of carbonyl (C=O) groups excluding carboxylic acids is 1. The van der Waals surface area contributed by atoms with Gasteiger partial charge in [0, 0.05) is 24.7 Å². The van der Waals surface area contributed by atoms with Crippen LogP contribution in [-0.4, -0.2) is 18.5 Å². The number of carbonyl (C=O) groups is 1. The Kier molecular flexibility index (Phi) is 5.68. The molecule has 1 aromatic carbocycles. The van der Waals surface area contributed by atoms with E-state index in [0.717, 1.165) is 6.07 Å². The van der Waals surface area contributed by atoms with Crippen LogP contribution in [0.5, 0.6) is 0 Å². The first-order valence-electron chi connectivity index (χ1n) is 6.10. The number of hydrogen-bond donors (Lipinski definition) is 2. The van der Waals surface area contributed by atoms with Crippen LogP contribution in [0.4, 0.5) is 18.9 Å². The van der Waals surface area contributed by atoms with Crippen molar-refractivity contribution in [2.45, 2.75) is 32.5 Å². The molecule has 1 rings (SSSR count). The summed E-state index contributed by atoms with van der Waals surface area (Å²) in [5.74, 6) is -0.155. The zero-order chi connectivity index (χ0) is 15.3. The van der Waals surface area contributed by atoms with Crippen LogP contribution < -0.4 is 10.6 Å². The first-order valence-corrected chi connectivity index (χ1v) is 6.48. The van der Waals surface area contributed by atoms with E-state index < -0.39 is 11.7 Å². The minimum atomic E-state index is -4.50. The van der Waals surface area contributed by atoms with Crippen molar-refractivity contribution in [3.05, 3.63) is 28.8 Å². The fourth-order valence-corrected chi connectivity index (χ4v) is 1.79. The van der Waals surface area contributed by atoms with E-state index in [1.54, 1.807) is 0 Å². The summed E-state index contributed by atoms with van der Waals surface area (Å²) < 4.78 is 37.9. The fourth-order valence-electron chi connectivity index (χ4n) is 1.57. The van der Waals surface area contributed by atoms with Gasteiger partial charge in [-0.3, -0.25) is 4.79 Å². The number of alkyl halides is 3. The maximum Gasteiger partial charge on any atom is 0.417 e. The third kappa shape index (κ3) is 5.28. The largest absolute Gasteiger partial charge is 0.417 e. The molecule has 0 aliphatic rings. The van der Waals surface area contributed by atoms with E-state index in [9.17, 15) is 18.0 Å². The molecular weight excluding hydrogens is 293 g/mol. The number of halogens is 4. The lowest BCUT2D eigenvalue weighted by Crippen LogP contribution is -2.31. The van der Waals surface area contributed by atoms with Crippen molar-refractivity contribution < 1.29 is 18.0 Å². The number of rotatable bonds is 5. The quantitative estimate of drug-likeness (QED) is 0.871. The molecule has 0 aliphatic heterocycles. The molecule has 20 heavy (non-hydrogen) atoms. The van der Waals surface area contributed by atoms with Crippen molar-refractivity contribution in [3.63, 3.8) is 0 Å². The minimum absolute atomic E-state index is 0.0369. The van der Waals surface area contributed by atoms with E-state index in [1.165, 1.54) is 12.1 Å². The van der Waals surface area contributed by atoms with Gasteiger partial charge in [0.1, 0.15) is 0 Å². The van der Waals surface area contributed by atoms with Crippen LogP contribution in [0.2, 0.25) is 5.02 Å². The molecule has 2 N–H and O–H groups in total. The maximum atomic E-state index is 12.6. The zero-order valence-corrected chi connectivity index (χ0v) is 11.9. The van der Waals surface area contributed by atoms with Gasteiger partial charge in [0.05, 0.1) is 10.6 Å². The lowest BCUT2D eigenvalue weighted by atomic mass is 10.2. The van der Waals surface area contributed by atoms with Crippen LogP contribution in [0, 0.1) is 0 Å². The standard InChI is InChI=1S/C13H16ClF3N2O/c1-8(2)19-12(20)5-6-18-9-3-4-11(14)10(7-9)13(15,16)17/h3-4,7-8,18H,5-6H2,1-2H3,(H,19,20). The SMILES string of the molecule is CC(C)NC(=O)CCNc1ccc(Cl)c(C(F)(F)F)c1. The molecule has 112 valence electrons. The van der Waals surface area contributed by atoms with Crippen molar-refractivity contribution in [2.24, 2.45) is 0 Å². The van der Waals surface area contributed by atoms with Gasteiger partial charge in [-0.05, 0) is 32.0 Å². The van der Waals surface area contributed by atoms with Gasteiger partial charge in [-0.25, -0.2) is 0 Å². The second kappa shape index (κ2) is 6.83. The summed E-state index contributed by atoms with van der Waals surface area (Å²) in [5, 5.41) is 5.12. The van der Waals surface area contributed by atoms with Gasteiger partial charge in [-0.1, -0.05) is 11.6 Å². The Balaban J connectivity index is 2.59. The van der Waals surface area contributed by atoms with E-state index in [2.05, 4.69) is 10.6 Å². The van der Waals surface area contributed by atoms with Crippen molar-refractivity contribution >= 4 is 23.2 Å². The summed E-state index contributed by atoms with van der Waals surface area (Å²) >= 11 is 5.51. The Morgan fingerprint density at radius 2 is 2.00 bits per heavy atom. The van der Waals surface area contributed by atoms with Gasteiger partial charge in [-0.2, -0.15) is 13.2 Å². The van der Waals surface area contributed by atoms with Crippen molar-refractivity contribution in [1.29, 1.82) is 0 Å². The Labute approximate surface area is 120 Å². The normalized spacial score (nSPS) is 11.6. The van der Waals surface area contributed by atoms with Gasteiger partial charge < -0.3 is 10.6 Å². The monoisotopic (exact) mass is 308 g/mol. The van der Waals surface area contributed by atoms with E-state index in [-0.39, 0.29) is 35.6 Å². The van der Waals surface area contributed by atoms with Crippen LogP contribution in [0.1, 0.15) is 25.8 Å². The van der Waals surface area contributed by atoms with E-state index in [0.29, 0.717) is 0 Å². The van der Waals surface area contributed by atoms with Crippen molar-refractivity contribution in [2.75, 3.05) is 11.9 Å². The summed E-state index contributed by atoms with van der Waals surface area (Å²) in [7, 11) is 0. The number of nitrogens with one attached hydrogen (secondary N) is 2. The topological polar surface area (TPSA) is 41.1 Å². The van der Waals surface area contributed by atoms with Crippen LogP contribution in [-0.2, 0) is 11.0 Å². The van der Waals surface area contributed by atoms with Gasteiger partial charge in [-0.15, -0.1) is 0 Å². The number of amides is 1. The summed E-state index contributed by atoms with van der Waals surface area (Å²) in [4.78, 5) is 11.4. The molecule has 3 nitrogen and oxygen atoms in total. The van der Waals surface area contributed by atoms with Crippen LogP contribution in [0.15, 0.2) is 18.2 Å². The molecule has 1 amide bonds. The van der Waals surface area contributed by atoms with Crippen molar-refractivity contribution in [3.8, 4) is 0 Å². The molecule has 0 saturated heterocycles. The third-order valence-corrected chi connectivity index (χ3v) is 2.73. The highest BCUT2D eigenvalue weighted by atomic mass is 35.5. The molecule has 0 radical (unpaired) electrons. The molecular formula is C13H16ClF3N2O. The Morgan fingerprint density at radius 3 is 2.55 bits per heavy atom. The molecule has 0 heterocycles. The van der Waals surface area contributed by atoms with E-state index in [4.69, 9.17) is 11.6 Å². The zero-order valence-electron chi connectivity index (χ0n) is 11.1. The molecule has 0 bridgehead atoms. The lowest BCUT2D eigenvalue weighted by Gasteiger charge is -2.13. The minimum Gasteiger partial charge on any atom is -0.385 e. The number of benzene rings is 1.